The number of hydrogen-bond acceptors (Lipinski definition) is 2. The fourth-order valence-corrected chi connectivity index (χ4v) is 2.17. The number of alkyl halides is 2. The lowest BCUT2D eigenvalue weighted by Crippen LogP contribution is -2.55. The molecule has 12 heavy (non-hydrogen) atoms. The zero-order chi connectivity index (χ0) is 8.66. The normalized spacial score (nSPS) is 40.5. The number of hydrogen-bond donors (Lipinski definition) is 2. The van der Waals surface area contributed by atoms with Gasteiger partial charge in [0.1, 0.15) is 0 Å². The Morgan fingerprint density at radius 1 is 0.917 bits per heavy atom. The number of piperidine rings is 1. The third kappa shape index (κ3) is 1.05. The average Bonchev–Trinajstić information content (AvgIpc) is 2.46. The second kappa shape index (κ2) is 2.64. The first kappa shape index (κ1) is 8.38. The van der Waals surface area contributed by atoms with Crippen molar-refractivity contribution in [3.8, 4) is 0 Å². The van der Waals surface area contributed by atoms with Crippen LogP contribution >= 0.6 is 0 Å². The van der Waals surface area contributed by atoms with Gasteiger partial charge >= 0.3 is 0 Å². The van der Waals surface area contributed by atoms with Crippen LogP contribution in [0.5, 0.6) is 0 Å². The zero-order valence-electron chi connectivity index (χ0n) is 7.00. The van der Waals surface area contributed by atoms with Gasteiger partial charge < -0.3 is 10.6 Å². The molecule has 4 heteroatoms. The van der Waals surface area contributed by atoms with Crippen molar-refractivity contribution in [1.29, 1.82) is 0 Å². The molecule has 2 N–H and O–H groups in total. The van der Waals surface area contributed by atoms with Gasteiger partial charge in [0.2, 0.25) is 0 Å². The third-order valence-corrected chi connectivity index (χ3v) is 3.10. The Hall–Kier alpha value is -0.220. The van der Waals surface area contributed by atoms with E-state index in [-0.39, 0.29) is 6.42 Å². The summed E-state index contributed by atoms with van der Waals surface area (Å²) in [6, 6.07) is 0. The predicted octanol–water partition coefficient (Wildman–Crippen LogP) is 0.595. The molecule has 1 spiro atoms. The van der Waals surface area contributed by atoms with Gasteiger partial charge in [-0.15, -0.1) is 0 Å². The molecule has 0 radical (unpaired) electrons. The summed E-state index contributed by atoms with van der Waals surface area (Å²) in [7, 11) is 0. The van der Waals surface area contributed by atoms with Crippen molar-refractivity contribution in [2.75, 3.05) is 26.2 Å². The standard InChI is InChI=1S/C8H14F2N2/c9-8(10)2-4-12-6-7(8)1-3-11-5-7/h11-12H,1-6H2. The average molecular weight is 176 g/mol. The molecule has 2 aliphatic heterocycles. The maximum Gasteiger partial charge on any atom is 0.257 e. The second-order valence-electron chi connectivity index (χ2n) is 3.84. The predicted molar refractivity (Wildman–Crippen MR) is 42.4 cm³/mol. The molecule has 2 heterocycles. The molecule has 0 aromatic carbocycles. The van der Waals surface area contributed by atoms with Crippen LogP contribution in [0.1, 0.15) is 12.8 Å². The molecular formula is C8H14F2N2. The van der Waals surface area contributed by atoms with E-state index in [0.29, 0.717) is 26.1 Å². The van der Waals surface area contributed by atoms with Crippen LogP contribution in [0.15, 0.2) is 0 Å². The first-order valence-electron chi connectivity index (χ1n) is 4.46. The van der Waals surface area contributed by atoms with E-state index in [0.717, 1.165) is 6.54 Å². The second-order valence-corrected chi connectivity index (χ2v) is 3.84. The van der Waals surface area contributed by atoms with E-state index in [1.807, 2.05) is 0 Å². The summed E-state index contributed by atoms with van der Waals surface area (Å²) in [4.78, 5) is 0. The van der Waals surface area contributed by atoms with Crippen LogP contribution in [0.25, 0.3) is 0 Å². The fraction of sp³-hybridized carbons (Fsp3) is 1.00. The van der Waals surface area contributed by atoms with Gasteiger partial charge in [-0.05, 0) is 13.0 Å². The molecule has 70 valence electrons. The van der Waals surface area contributed by atoms with Crippen molar-refractivity contribution in [3.05, 3.63) is 0 Å². The summed E-state index contributed by atoms with van der Waals surface area (Å²) >= 11 is 0. The van der Waals surface area contributed by atoms with Crippen molar-refractivity contribution < 1.29 is 8.78 Å². The van der Waals surface area contributed by atoms with Crippen LogP contribution in [-0.4, -0.2) is 32.1 Å². The van der Waals surface area contributed by atoms with Crippen molar-refractivity contribution >= 4 is 0 Å². The van der Waals surface area contributed by atoms with Crippen LogP contribution < -0.4 is 10.6 Å². The Bertz CT molecular complexity index is 176. The Morgan fingerprint density at radius 3 is 2.08 bits per heavy atom. The van der Waals surface area contributed by atoms with Crippen molar-refractivity contribution in [3.63, 3.8) is 0 Å². The van der Waals surface area contributed by atoms with Crippen molar-refractivity contribution in [1.82, 2.24) is 10.6 Å². The van der Waals surface area contributed by atoms with Crippen LogP contribution in [0, 0.1) is 5.41 Å². The first-order valence-corrected chi connectivity index (χ1v) is 4.46. The lowest BCUT2D eigenvalue weighted by atomic mass is 9.76. The molecule has 0 amide bonds. The summed E-state index contributed by atoms with van der Waals surface area (Å²) in [6.07, 6.45) is 0.599. The highest BCUT2D eigenvalue weighted by atomic mass is 19.3. The molecule has 2 fully saturated rings. The summed E-state index contributed by atoms with van der Waals surface area (Å²) in [5.74, 6) is -2.47. The van der Waals surface area contributed by atoms with E-state index in [2.05, 4.69) is 10.6 Å². The molecule has 0 aliphatic carbocycles. The summed E-state index contributed by atoms with van der Waals surface area (Å²) in [5, 5.41) is 6.07. The highest BCUT2D eigenvalue weighted by molar-refractivity contribution is 5.02. The van der Waals surface area contributed by atoms with Gasteiger partial charge in [0, 0.05) is 26.1 Å². The topological polar surface area (TPSA) is 24.1 Å². The van der Waals surface area contributed by atoms with Gasteiger partial charge in [-0.25, -0.2) is 8.78 Å². The molecule has 0 bridgehead atoms. The van der Waals surface area contributed by atoms with E-state index in [4.69, 9.17) is 0 Å². The van der Waals surface area contributed by atoms with E-state index in [9.17, 15) is 8.78 Å². The molecule has 2 aliphatic rings. The molecule has 0 aromatic rings. The maximum absolute atomic E-state index is 13.5. The minimum absolute atomic E-state index is 0.00528. The van der Waals surface area contributed by atoms with E-state index >= 15 is 0 Å². The lowest BCUT2D eigenvalue weighted by Gasteiger charge is -2.40. The Labute approximate surface area is 70.7 Å². The fourth-order valence-electron chi connectivity index (χ4n) is 2.17. The smallest absolute Gasteiger partial charge is 0.257 e. The molecule has 0 saturated carbocycles. The van der Waals surface area contributed by atoms with Gasteiger partial charge in [-0.2, -0.15) is 0 Å². The molecule has 2 rings (SSSR count). The van der Waals surface area contributed by atoms with Crippen LogP contribution in [0.3, 0.4) is 0 Å². The highest BCUT2D eigenvalue weighted by Gasteiger charge is 2.55. The Morgan fingerprint density at radius 2 is 1.50 bits per heavy atom. The van der Waals surface area contributed by atoms with Gasteiger partial charge in [0.05, 0.1) is 5.41 Å². The molecule has 1 atom stereocenters. The lowest BCUT2D eigenvalue weighted by molar-refractivity contribution is -0.131. The van der Waals surface area contributed by atoms with Gasteiger partial charge in [0.15, 0.2) is 0 Å². The SMILES string of the molecule is FC1(F)CCNCC12CCNC2. The highest BCUT2D eigenvalue weighted by Crippen LogP contribution is 2.45. The largest absolute Gasteiger partial charge is 0.316 e. The summed E-state index contributed by atoms with van der Waals surface area (Å²) < 4.78 is 27.0. The number of rotatable bonds is 0. The van der Waals surface area contributed by atoms with E-state index in [1.165, 1.54) is 0 Å². The number of halogens is 2. The molecule has 1 unspecified atom stereocenters. The van der Waals surface area contributed by atoms with E-state index < -0.39 is 11.3 Å². The summed E-state index contributed by atoms with van der Waals surface area (Å²) in [5.41, 5.74) is -0.786. The molecular weight excluding hydrogens is 162 g/mol. The molecule has 2 saturated heterocycles. The molecule has 2 nitrogen and oxygen atoms in total. The monoisotopic (exact) mass is 176 g/mol. The van der Waals surface area contributed by atoms with Gasteiger partial charge in [-0.3, -0.25) is 0 Å². The maximum atomic E-state index is 13.5. The Balaban J connectivity index is 2.19. The van der Waals surface area contributed by atoms with Crippen LogP contribution in [0.2, 0.25) is 0 Å². The summed E-state index contributed by atoms with van der Waals surface area (Å²) in [6.45, 7) is 2.12. The van der Waals surface area contributed by atoms with Crippen LogP contribution in [-0.2, 0) is 0 Å². The van der Waals surface area contributed by atoms with Gasteiger partial charge in [-0.1, -0.05) is 0 Å². The zero-order valence-corrected chi connectivity index (χ0v) is 7.00. The minimum atomic E-state index is -2.47. The van der Waals surface area contributed by atoms with E-state index in [1.54, 1.807) is 0 Å². The Kier molecular flexibility index (Phi) is 1.84. The van der Waals surface area contributed by atoms with Crippen molar-refractivity contribution in [2.45, 2.75) is 18.8 Å². The quantitative estimate of drug-likeness (QED) is 0.564. The molecule has 0 aromatic heterocycles. The minimum Gasteiger partial charge on any atom is -0.316 e. The van der Waals surface area contributed by atoms with Gasteiger partial charge in [0.25, 0.3) is 5.92 Å². The van der Waals surface area contributed by atoms with Crippen LogP contribution in [0.4, 0.5) is 8.78 Å². The first-order chi connectivity index (χ1) is 5.66. The van der Waals surface area contributed by atoms with Crippen molar-refractivity contribution in [2.24, 2.45) is 5.41 Å². The third-order valence-electron chi connectivity index (χ3n) is 3.10. The number of nitrogens with one attached hydrogen (secondary N) is 2.